The molecule has 2 aliphatic rings. The molecule has 1 aliphatic carbocycles. The van der Waals surface area contributed by atoms with Gasteiger partial charge in [-0.3, -0.25) is 0 Å². The molecule has 7 heteroatoms. The Labute approximate surface area is 200 Å². The normalized spacial score (nSPS) is 38.2. The number of rotatable bonds is 12. The SMILES string of the molecule is CC[C@H](OC)[C@@H](C)[C@H]1C[C@@](O)([C@@H](C)/C=C/C=C(\C)[C@H]2O[C@@H](OC)[C@H](OC)[C@@H](OC)[C@@H]2OC)C1. The lowest BCUT2D eigenvalue weighted by Gasteiger charge is -2.50. The van der Waals surface area contributed by atoms with Gasteiger partial charge in [-0.25, -0.2) is 0 Å². The van der Waals surface area contributed by atoms with E-state index in [-0.39, 0.29) is 30.3 Å². The van der Waals surface area contributed by atoms with Crippen molar-refractivity contribution in [2.24, 2.45) is 17.8 Å². The Morgan fingerprint density at radius 3 is 2.09 bits per heavy atom. The first-order chi connectivity index (χ1) is 15.7. The van der Waals surface area contributed by atoms with E-state index in [2.05, 4.69) is 26.8 Å². The van der Waals surface area contributed by atoms with Crippen LogP contribution in [0.4, 0.5) is 0 Å². The Bertz CT molecular complexity index is 639. The second kappa shape index (κ2) is 12.8. The molecule has 192 valence electrons. The molecular formula is C26H46O7. The molecule has 33 heavy (non-hydrogen) atoms. The molecular weight excluding hydrogens is 424 g/mol. The van der Waals surface area contributed by atoms with E-state index in [0.717, 1.165) is 24.8 Å². The first kappa shape index (κ1) is 28.4. The fraction of sp³-hybridized carbons (Fsp3) is 0.846. The van der Waals surface area contributed by atoms with E-state index in [4.69, 9.17) is 28.4 Å². The van der Waals surface area contributed by atoms with Crippen LogP contribution in [0.1, 0.15) is 47.0 Å². The largest absolute Gasteiger partial charge is 0.389 e. The van der Waals surface area contributed by atoms with Crippen molar-refractivity contribution >= 4 is 0 Å². The van der Waals surface area contributed by atoms with Gasteiger partial charge < -0.3 is 33.5 Å². The molecule has 7 nitrogen and oxygen atoms in total. The van der Waals surface area contributed by atoms with Crippen molar-refractivity contribution < 1.29 is 33.5 Å². The van der Waals surface area contributed by atoms with E-state index >= 15 is 0 Å². The van der Waals surface area contributed by atoms with Crippen molar-refractivity contribution in [3.63, 3.8) is 0 Å². The minimum Gasteiger partial charge on any atom is -0.389 e. The van der Waals surface area contributed by atoms with Gasteiger partial charge in [0.25, 0.3) is 0 Å². The molecule has 1 saturated heterocycles. The van der Waals surface area contributed by atoms with Gasteiger partial charge in [-0.15, -0.1) is 0 Å². The lowest BCUT2D eigenvalue weighted by atomic mass is 9.60. The first-order valence-electron chi connectivity index (χ1n) is 12.1. The molecule has 2 rings (SSSR count). The van der Waals surface area contributed by atoms with Crippen LogP contribution in [-0.2, 0) is 28.4 Å². The minimum absolute atomic E-state index is 0.0504. The summed E-state index contributed by atoms with van der Waals surface area (Å²) in [5, 5.41) is 11.1. The van der Waals surface area contributed by atoms with Crippen LogP contribution in [0, 0.1) is 17.8 Å². The molecule has 0 amide bonds. The highest BCUT2D eigenvalue weighted by Crippen LogP contribution is 2.48. The summed E-state index contributed by atoms with van der Waals surface area (Å²) in [6, 6.07) is 0. The fourth-order valence-corrected chi connectivity index (χ4v) is 5.44. The van der Waals surface area contributed by atoms with Gasteiger partial charge in [-0.2, -0.15) is 0 Å². The Hall–Kier alpha value is -0.800. The molecule has 0 unspecified atom stereocenters. The second-order valence-electron chi connectivity index (χ2n) is 9.66. The van der Waals surface area contributed by atoms with Gasteiger partial charge in [-0.1, -0.05) is 39.0 Å². The summed E-state index contributed by atoms with van der Waals surface area (Å²) >= 11 is 0. The average Bonchev–Trinajstić information content (AvgIpc) is 2.80. The highest BCUT2D eigenvalue weighted by atomic mass is 16.7. The Balaban J connectivity index is 2.03. The third-order valence-corrected chi connectivity index (χ3v) is 7.87. The van der Waals surface area contributed by atoms with E-state index in [0.29, 0.717) is 11.8 Å². The maximum atomic E-state index is 11.1. The van der Waals surface area contributed by atoms with Crippen LogP contribution in [-0.4, -0.2) is 83.1 Å². The Morgan fingerprint density at radius 2 is 1.61 bits per heavy atom. The maximum absolute atomic E-state index is 11.1. The van der Waals surface area contributed by atoms with Crippen molar-refractivity contribution in [3.05, 3.63) is 23.8 Å². The van der Waals surface area contributed by atoms with Gasteiger partial charge in [0.1, 0.15) is 24.4 Å². The Morgan fingerprint density at radius 1 is 1.00 bits per heavy atom. The van der Waals surface area contributed by atoms with Crippen LogP contribution < -0.4 is 0 Å². The molecule has 2 fully saturated rings. The van der Waals surface area contributed by atoms with Crippen molar-refractivity contribution in [2.45, 2.75) is 89.4 Å². The number of hydrogen-bond donors (Lipinski definition) is 1. The fourth-order valence-electron chi connectivity index (χ4n) is 5.44. The number of ether oxygens (including phenoxy) is 6. The zero-order valence-corrected chi connectivity index (χ0v) is 21.9. The third-order valence-electron chi connectivity index (χ3n) is 7.87. The summed E-state index contributed by atoms with van der Waals surface area (Å²) in [4.78, 5) is 0. The van der Waals surface area contributed by atoms with Crippen LogP contribution in [0.5, 0.6) is 0 Å². The first-order valence-corrected chi connectivity index (χ1v) is 12.1. The summed E-state index contributed by atoms with van der Waals surface area (Å²) < 4.78 is 34.2. The Kier molecular flexibility index (Phi) is 11.0. The van der Waals surface area contributed by atoms with E-state index in [1.54, 1.807) is 35.5 Å². The van der Waals surface area contributed by atoms with Gasteiger partial charge in [-0.05, 0) is 43.6 Å². The van der Waals surface area contributed by atoms with Crippen molar-refractivity contribution in [1.82, 2.24) is 0 Å². The number of hydrogen-bond acceptors (Lipinski definition) is 7. The molecule has 0 aromatic heterocycles. The minimum atomic E-state index is -0.659. The van der Waals surface area contributed by atoms with Gasteiger partial charge in [0.2, 0.25) is 0 Å². The van der Waals surface area contributed by atoms with Crippen LogP contribution in [0.2, 0.25) is 0 Å². The smallest absolute Gasteiger partial charge is 0.186 e. The quantitative estimate of drug-likeness (QED) is 0.436. The standard InChI is InChI=1S/C26H46O7/c1-10-20(28-5)18(4)19-14-26(27,15-19)17(3)13-11-12-16(2)21-22(29-6)23(30-7)24(31-8)25(32-9)33-21/h11-13,17-25,27H,10,14-15H2,1-9H3/b13-11+,16-12+/t17-,18-,19-,20-,21+,22+,23-,24+,25+,26-/m0/s1. The molecule has 0 bridgehead atoms. The van der Waals surface area contributed by atoms with Crippen LogP contribution >= 0.6 is 0 Å². The molecule has 1 saturated carbocycles. The van der Waals surface area contributed by atoms with Crippen molar-refractivity contribution in [3.8, 4) is 0 Å². The maximum Gasteiger partial charge on any atom is 0.186 e. The third kappa shape index (κ3) is 6.26. The molecule has 1 N–H and O–H groups in total. The topological polar surface area (TPSA) is 75.6 Å². The molecule has 0 radical (unpaired) electrons. The number of aliphatic hydroxyl groups is 1. The summed E-state index contributed by atoms with van der Waals surface area (Å²) in [5.41, 5.74) is 0.329. The van der Waals surface area contributed by atoms with Crippen molar-refractivity contribution in [2.75, 3.05) is 35.5 Å². The van der Waals surface area contributed by atoms with E-state index in [9.17, 15) is 5.11 Å². The molecule has 0 aromatic rings. The van der Waals surface area contributed by atoms with Gasteiger partial charge >= 0.3 is 0 Å². The number of methoxy groups -OCH3 is 5. The second-order valence-corrected chi connectivity index (χ2v) is 9.66. The van der Waals surface area contributed by atoms with Crippen molar-refractivity contribution in [1.29, 1.82) is 0 Å². The molecule has 8 atom stereocenters. The van der Waals surface area contributed by atoms with Gasteiger partial charge in [0, 0.05) is 41.5 Å². The van der Waals surface area contributed by atoms with Gasteiger partial charge in [0.15, 0.2) is 6.29 Å². The van der Waals surface area contributed by atoms with Crippen LogP contribution in [0.15, 0.2) is 23.8 Å². The summed E-state index contributed by atoms with van der Waals surface area (Å²) in [5.74, 6) is 0.998. The molecule has 1 aliphatic heterocycles. The highest BCUT2D eigenvalue weighted by Gasteiger charge is 2.49. The van der Waals surface area contributed by atoms with Crippen LogP contribution in [0.3, 0.4) is 0 Å². The molecule has 1 heterocycles. The average molecular weight is 471 g/mol. The zero-order chi connectivity index (χ0) is 24.8. The zero-order valence-electron chi connectivity index (χ0n) is 21.9. The highest BCUT2D eigenvalue weighted by molar-refractivity contribution is 5.20. The van der Waals surface area contributed by atoms with Gasteiger partial charge in [0.05, 0.1) is 11.7 Å². The van der Waals surface area contributed by atoms with E-state index in [1.807, 2.05) is 19.1 Å². The lowest BCUT2D eigenvalue weighted by molar-refractivity contribution is -0.295. The number of allylic oxidation sites excluding steroid dienone is 2. The predicted molar refractivity (Wildman–Crippen MR) is 128 cm³/mol. The van der Waals surface area contributed by atoms with Crippen LogP contribution in [0.25, 0.3) is 0 Å². The molecule has 0 aromatic carbocycles. The molecule has 0 spiro atoms. The summed E-state index contributed by atoms with van der Waals surface area (Å²) in [7, 11) is 8.27. The van der Waals surface area contributed by atoms with E-state index in [1.165, 1.54) is 0 Å². The van der Waals surface area contributed by atoms with E-state index < -0.39 is 18.0 Å². The summed E-state index contributed by atoms with van der Waals surface area (Å²) in [6.07, 6.45) is 7.00. The lowest BCUT2D eigenvalue weighted by Crippen LogP contribution is -2.60. The summed E-state index contributed by atoms with van der Waals surface area (Å²) in [6.45, 7) is 8.47. The monoisotopic (exact) mass is 470 g/mol. The predicted octanol–water partition coefficient (Wildman–Crippen LogP) is 3.74.